The van der Waals surface area contributed by atoms with Crippen molar-refractivity contribution >= 4 is 10.9 Å². The highest BCUT2D eigenvalue weighted by molar-refractivity contribution is 5.86. The predicted octanol–water partition coefficient (Wildman–Crippen LogP) is 4.38. The van der Waals surface area contributed by atoms with Crippen molar-refractivity contribution in [3.05, 3.63) is 96.7 Å². The number of fused-ring (bicyclic) bond motifs is 1. The van der Waals surface area contributed by atoms with Gasteiger partial charge in [0.15, 0.2) is 5.75 Å². The Kier molecular flexibility index (Phi) is 4.92. The first-order valence-corrected chi connectivity index (χ1v) is 8.94. The lowest BCUT2D eigenvalue weighted by molar-refractivity contribution is 0.0653. The van der Waals surface area contributed by atoms with Crippen LogP contribution in [0.2, 0.25) is 0 Å². The molecule has 0 saturated carbocycles. The van der Waals surface area contributed by atoms with Crippen LogP contribution in [0.15, 0.2) is 91.1 Å². The van der Waals surface area contributed by atoms with Gasteiger partial charge in [0, 0.05) is 11.6 Å². The molecule has 0 fully saturated rings. The maximum atomic E-state index is 10.6. The molecule has 136 valence electrons. The van der Waals surface area contributed by atoms with Gasteiger partial charge in [0.25, 0.3) is 0 Å². The van der Waals surface area contributed by atoms with Crippen molar-refractivity contribution in [2.45, 2.75) is 12.1 Å². The monoisotopic (exact) mass is 359 g/mol. The van der Waals surface area contributed by atoms with E-state index in [4.69, 9.17) is 4.74 Å². The molecule has 4 rings (SSSR count). The molecule has 4 nitrogen and oxygen atoms in total. The maximum absolute atomic E-state index is 10.6. The van der Waals surface area contributed by atoms with Crippen LogP contribution < -0.4 is 4.74 Å². The van der Waals surface area contributed by atoms with Gasteiger partial charge in [-0.25, -0.2) is 0 Å². The maximum Gasteiger partial charge on any atom is 0.151 e. The van der Waals surface area contributed by atoms with Crippen LogP contribution in [-0.2, 0) is 0 Å². The zero-order valence-electron chi connectivity index (χ0n) is 14.8. The molecule has 0 aliphatic carbocycles. The molecule has 27 heavy (non-hydrogen) atoms. The molecule has 0 radical (unpaired) electrons. The summed E-state index contributed by atoms with van der Waals surface area (Å²) in [6.07, 6.45) is 0.992. The van der Waals surface area contributed by atoms with Gasteiger partial charge in [-0.1, -0.05) is 60.7 Å². The van der Waals surface area contributed by atoms with Gasteiger partial charge >= 0.3 is 0 Å². The average Bonchev–Trinajstić information content (AvgIpc) is 3.14. The Balaban J connectivity index is 1.85. The Labute approximate surface area is 157 Å². The van der Waals surface area contributed by atoms with Gasteiger partial charge in [-0.2, -0.15) is 0 Å². The number of ether oxygens (including phenoxy) is 1. The molecule has 0 unspecified atom stereocenters. The molecule has 0 spiro atoms. The van der Waals surface area contributed by atoms with Crippen LogP contribution in [0.3, 0.4) is 0 Å². The minimum absolute atomic E-state index is 0.332. The summed E-state index contributed by atoms with van der Waals surface area (Å²) in [5.74, 6) is 1.45. The summed E-state index contributed by atoms with van der Waals surface area (Å²) in [5.41, 5.74) is 1.80. The molecule has 3 aromatic carbocycles. The number of hydrogen-bond acceptors (Lipinski definition) is 3. The molecule has 2 N–H and O–H groups in total. The number of para-hydroxylation sites is 2. The third-order valence-electron chi connectivity index (χ3n) is 4.67. The van der Waals surface area contributed by atoms with Gasteiger partial charge in [0.05, 0.1) is 18.2 Å². The average molecular weight is 359 g/mol. The standard InChI is InChI=1S/C23H21NO3/c25-16-20(26)22(17-8-3-1-4-9-17)24-15-14-18-10-7-13-21(23(18)24)27-19-11-5-2-6-12-19/h1-15,20,22,25-26H,16H2/t20-,22+/m1/s1. The second kappa shape index (κ2) is 7.66. The molecule has 1 heterocycles. The lowest BCUT2D eigenvalue weighted by atomic mass is 10.0. The predicted molar refractivity (Wildman–Crippen MR) is 106 cm³/mol. The van der Waals surface area contributed by atoms with E-state index in [0.29, 0.717) is 5.75 Å². The number of benzene rings is 3. The van der Waals surface area contributed by atoms with E-state index in [1.165, 1.54) is 0 Å². The zero-order chi connectivity index (χ0) is 18.6. The van der Waals surface area contributed by atoms with Crippen molar-refractivity contribution < 1.29 is 14.9 Å². The number of aliphatic hydroxyl groups is 2. The first-order valence-electron chi connectivity index (χ1n) is 8.94. The van der Waals surface area contributed by atoms with Crippen molar-refractivity contribution in [2.24, 2.45) is 0 Å². The van der Waals surface area contributed by atoms with E-state index in [1.807, 2.05) is 95.7 Å². The Morgan fingerprint density at radius 3 is 2.22 bits per heavy atom. The topological polar surface area (TPSA) is 54.6 Å². The highest BCUT2D eigenvalue weighted by atomic mass is 16.5. The summed E-state index contributed by atoms with van der Waals surface area (Å²) in [5, 5.41) is 21.2. The second-order valence-electron chi connectivity index (χ2n) is 6.44. The van der Waals surface area contributed by atoms with Crippen molar-refractivity contribution in [3.63, 3.8) is 0 Å². The summed E-state index contributed by atoms with van der Waals surface area (Å²) in [4.78, 5) is 0. The number of aromatic nitrogens is 1. The van der Waals surface area contributed by atoms with E-state index in [1.54, 1.807) is 0 Å². The van der Waals surface area contributed by atoms with Gasteiger partial charge in [-0.05, 0) is 29.8 Å². The molecular weight excluding hydrogens is 338 g/mol. The summed E-state index contributed by atoms with van der Waals surface area (Å²) >= 11 is 0. The third kappa shape index (κ3) is 3.45. The van der Waals surface area contributed by atoms with Gasteiger partial charge in [0.2, 0.25) is 0 Å². The van der Waals surface area contributed by atoms with E-state index in [0.717, 1.165) is 22.2 Å². The lowest BCUT2D eigenvalue weighted by Crippen LogP contribution is -2.28. The second-order valence-corrected chi connectivity index (χ2v) is 6.44. The molecule has 1 aromatic heterocycles. The zero-order valence-corrected chi connectivity index (χ0v) is 14.8. The Morgan fingerprint density at radius 2 is 1.52 bits per heavy atom. The first-order chi connectivity index (χ1) is 13.3. The Hall–Kier alpha value is -3.08. The molecular formula is C23H21NO3. The summed E-state index contributed by atoms with van der Waals surface area (Å²) in [6, 6.07) is 26.8. The minimum Gasteiger partial charge on any atom is -0.455 e. The molecule has 0 saturated heterocycles. The van der Waals surface area contributed by atoms with Crippen LogP contribution >= 0.6 is 0 Å². The fraction of sp³-hybridized carbons (Fsp3) is 0.130. The SMILES string of the molecule is OC[C@@H](O)[C@H](c1ccccc1)n1ccc2cccc(Oc3ccccc3)c21. The lowest BCUT2D eigenvalue weighted by Gasteiger charge is -2.25. The molecule has 0 aliphatic rings. The quantitative estimate of drug-likeness (QED) is 0.537. The van der Waals surface area contributed by atoms with Crippen LogP contribution in [0.1, 0.15) is 11.6 Å². The van der Waals surface area contributed by atoms with E-state index in [9.17, 15) is 10.2 Å². The van der Waals surface area contributed by atoms with Crippen molar-refractivity contribution in [1.29, 1.82) is 0 Å². The highest BCUT2D eigenvalue weighted by Gasteiger charge is 2.24. The molecule has 4 aromatic rings. The smallest absolute Gasteiger partial charge is 0.151 e. The van der Waals surface area contributed by atoms with E-state index >= 15 is 0 Å². The third-order valence-corrected chi connectivity index (χ3v) is 4.67. The van der Waals surface area contributed by atoms with E-state index in [2.05, 4.69) is 0 Å². The highest BCUT2D eigenvalue weighted by Crippen LogP contribution is 2.35. The van der Waals surface area contributed by atoms with Crippen LogP contribution in [0, 0.1) is 0 Å². The molecule has 0 aliphatic heterocycles. The van der Waals surface area contributed by atoms with Crippen LogP contribution in [-0.4, -0.2) is 27.5 Å². The number of hydrogen-bond donors (Lipinski definition) is 2. The van der Waals surface area contributed by atoms with Gasteiger partial charge in [-0.3, -0.25) is 0 Å². The van der Waals surface area contributed by atoms with Crippen molar-refractivity contribution in [2.75, 3.05) is 6.61 Å². The Bertz CT molecular complexity index is 1010. The van der Waals surface area contributed by atoms with E-state index < -0.39 is 12.1 Å². The summed E-state index contributed by atoms with van der Waals surface area (Å²) in [7, 11) is 0. The summed E-state index contributed by atoms with van der Waals surface area (Å²) in [6.45, 7) is -0.332. The first kappa shape index (κ1) is 17.3. The molecule has 2 atom stereocenters. The molecule has 4 heteroatoms. The van der Waals surface area contributed by atoms with Gasteiger partial charge in [-0.15, -0.1) is 0 Å². The largest absolute Gasteiger partial charge is 0.455 e. The van der Waals surface area contributed by atoms with Crippen LogP contribution in [0.25, 0.3) is 10.9 Å². The van der Waals surface area contributed by atoms with Gasteiger partial charge in [0.1, 0.15) is 11.9 Å². The van der Waals surface area contributed by atoms with Crippen LogP contribution in [0.4, 0.5) is 0 Å². The number of aliphatic hydroxyl groups excluding tert-OH is 2. The van der Waals surface area contributed by atoms with Crippen LogP contribution in [0.5, 0.6) is 11.5 Å². The minimum atomic E-state index is -0.937. The molecule has 0 amide bonds. The number of rotatable bonds is 6. The Morgan fingerprint density at radius 1 is 0.815 bits per heavy atom. The number of nitrogens with zero attached hydrogens (tertiary/aromatic N) is 1. The van der Waals surface area contributed by atoms with Crippen molar-refractivity contribution in [3.8, 4) is 11.5 Å². The van der Waals surface area contributed by atoms with Gasteiger partial charge < -0.3 is 19.5 Å². The summed E-state index contributed by atoms with van der Waals surface area (Å²) < 4.78 is 8.10. The van der Waals surface area contributed by atoms with Crippen molar-refractivity contribution in [1.82, 2.24) is 4.57 Å². The van der Waals surface area contributed by atoms with E-state index in [-0.39, 0.29) is 6.61 Å². The normalized spacial score (nSPS) is 13.4. The molecule has 0 bridgehead atoms. The fourth-order valence-electron chi connectivity index (χ4n) is 3.43. The fourth-order valence-corrected chi connectivity index (χ4v) is 3.43.